The summed E-state index contributed by atoms with van der Waals surface area (Å²) >= 11 is 3.29. The zero-order valence-corrected chi connectivity index (χ0v) is 13.2. The van der Waals surface area contributed by atoms with Crippen LogP contribution in [0.3, 0.4) is 0 Å². The van der Waals surface area contributed by atoms with Crippen LogP contribution >= 0.6 is 15.9 Å². The monoisotopic (exact) mass is 353 g/mol. The van der Waals surface area contributed by atoms with Crippen molar-refractivity contribution in [3.63, 3.8) is 0 Å². The van der Waals surface area contributed by atoms with Gasteiger partial charge in [-0.05, 0) is 24.3 Å². The minimum absolute atomic E-state index is 0.174. The number of hydrogen-bond acceptors (Lipinski definition) is 3. The van der Waals surface area contributed by atoms with Crippen LogP contribution in [0.5, 0.6) is 5.75 Å². The number of rotatable bonds is 5. The second kappa shape index (κ2) is 7.02. The summed E-state index contributed by atoms with van der Waals surface area (Å²) in [4.78, 5) is 0. The lowest BCUT2D eigenvalue weighted by Crippen LogP contribution is -2.21. The predicted molar refractivity (Wildman–Crippen MR) is 83.8 cm³/mol. The largest absolute Gasteiger partial charge is 0.496 e. The minimum Gasteiger partial charge on any atom is -0.496 e. The van der Waals surface area contributed by atoms with Crippen molar-refractivity contribution in [3.05, 3.63) is 63.9 Å². The molecule has 0 aliphatic heterocycles. The molecule has 0 saturated heterocycles. The highest BCUT2D eigenvalue weighted by atomic mass is 79.9. The van der Waals surface area contributed by atoms with E-state index in [2.05, 4.69) is 15.9 Å². The lowest BCUT2D eigenvalue weighted by Gasteiger charge is -2.24. The topological polar surface area (TPSA) is 55.5 Å². The fraction of sp³-hybridized carbons (Fsp3) is 0.250. The Bertz CT molecular complexity index is 621. The standard InChI is InChI=1S/C16H17BrFNO2/c1-21-15-5-3-2-4-11(15)13(9-19)16(20)12-8-10(17)6-7-14(12)18/h2-8,13,16,20H,9,19H2,1H3. The third-order valence-electron chi connectivity index (χ3n) is 3.45. The van der Waals surface area contributed by atoms with Crippen LogP contribution < -0.4 is 10.5 Å². The molecule has 2 rings (SSSR count). The second-order valence-electron chi connectivity index (χ2n) is 4.69. The number of nitrogens with two attached hydrogens (primary N) is 1. The zero-order valence-electron chi connectivity index (χ0n) is 11.6. The molecule has 3 N–H and O–H groups in total. The second-order valence-corrected chi connectivity index (χ2v) is 5.61. The van der Waals surface area contributed by atoms with Gasteiger partial charge in [-0.3, -0.25) is 0 Å². The molecule has 0 heterocycles. The third-order valence-corrected chi connectivity index (χ3v) is 3.94. The SMILES string of the molecule is COc1ccccc1C(CN)C(O)c1cc(Br)ccc1F. The summed E-state index contributed by atoms with van der Waals surface area (Å²) in [6.07, 6.45) is -1.05. The number of aliphatic hydroxyl groups is 1. The Labute approximate surface area is 131 Å². The molecule has 0 aliphatic carbocycles. The van der Waals surface area contributed by atoms with Gasteiger partial charge < -0.3 is 15.6 Å². The van der Waals surface area contributed by atoms with Crippen molar-refractivity contribution in [1.82, 2.24) is 0 Å². The molecule has 0 radical (unpaired) electrons. The van der Waals surface area contributed by atoms with E-state index in [1.807, 2.05) is 18.2 Å². The fourth-order valence-electron chi connectivity index (χ4n) is 2.36. The van der Waals surface area contributed by atoms with E-state index in [0.717, 1.165) is 5.56 Å². The first-order chi connectivity index (χ1) is 10.1. The molecule has 2 aromatic rings. The van der Waals surface area contributed by atoms with Crippen molar-refractivity contribution in [1.29, 1.82) is 0 Å². The van der Waals surface area contributed by atoms with Gasteiger partial charge in [0.05, 0.1) is 13.2 Å². The van der Waals surface area contributed by atoms with Crippen LogP contribution in [0.15, 0.2) is 46.9 Å². The molecule has 2 aromatic carbocycles. The summed E-state index contributed by atoms with van der Waals surface area (Å²) in [5, 5.41) is 10.6. The number of methoxy groups -OCH3 is 1. The van der Waals surface area contributed by atoms with Crippen molar-refractivity contribution in [2.24, 2.45) is 5.73 Å². The van der Waals surface area contributed by atoms with Gasteiger partial charge in [-0.25, -0.2) is 4.39 Å². The molecule has 0 saturated carbocycles. The number of aliphatic hydroxyl groups excluding tert-OH is 1. The first-order valence-electron chi connectivity index (χ1n) is 6.54. The van der Waals surface area contributed by atoms with Crippen molar-refractivity contribution >= 4 is 15.9 Å². The fourth-order valence-corrected chi connectivity index (χ4v) is 2.74. The average Bonchev–Trinajstić information content (AvgIpc) is 2.50. The Balaban J connectivity index is 2.43. The Kier molecular flexibility index (Phi) is 5.33. The molecule has 0 fully saturated rings. The first kappa shape index (κ1) is 15.9. The molecular formula is C16H17BrFNO2. The van der Waals surface area contributed by atoms with Gasteiger partial charge in [-0.15, -0.1) is 0 Å². The predicted octanol–water partition coefficient (Wildman–Crippen LogP) is 3.37. The maximum Gasteiger partial charge on any atom is 0.129 e. The van der Waals surface area contributed by atoms with Crippen LogP contribution in [0.25, 0.3) is 0 Å². The molecule has 0 amide bonds. The van der Waals surface area contributed by atoms with E-state index in [0.29, 0.717) is 10.2 Å². The van der Waals surface area contributed by atoms with E-state index in [9.17, 15) is 9.50 Å². The molecule has 2 unspecified atom stereocenters. The van der Waals surface area contributed by atoms with Crippen LogP contribution in [0.2, 0.25) is 0 Å². The molecular weight excluding hydrogens is 337 g/mol. The van der Waals surface area contributed by atoms with Crippen molar-refractivity contribution in [2.75, 3.05) is 13.7 Å². The van der Waals surface area contributed by atoms with E-state index in [-0.39, 0.29) is 12.1 Å². The van der Waals surface area contributed by atoms with Gasteiger partial charge in [-0.2, -0.15) is 0 Å². The first-order valence-corrected chi connectivity index (χ1v) is 7.33. The van der Waals surface area contributed by atoms with E-state index in [4.69, 9.17) is 10.5 Å². The van der Waals surface area contributed by atoms with Gasteiger partial charge in [0.1, 0.15) is 11.6 Å². The van der Waals surface area contributed by atoms with Crippen molar-refractivity contribution in [2.45, 2.75) is 12.0 Å². The number of para-hydroxylation sites is 1. The molecule has 5 heteroatoms. The van der Waals surface area contributed by atoms with Crippen molar-refractivity contribution in [3.8, 4) is 5.75 Å². The van der Waals surface area contributed by atoms with E-state index >= 15 is 0 Å². The van der Waals surface area contributed by atoms with Gasteiger partial charge in [0, 0.05) is 28.1 Å². The molecule has 3 nitrogen and oxygen atoms in total. The van der Waals surface area contributed by atoms with Gasteiger partial charge in [0.25, 0.3) is 0 Å². The van der Waals surface area contributed by atoms with E-state index < -0.39 is 17.8 Å². The molecule has 112 valence electrons. The summed E-state index contributed by atoms with van der Waals surface area (Å²) in [6.45, 7) is 0.174. The maximum absolute atomic E-state index is 14.0. The summed E-state index contributed by atoms with van der Waals surface area (Å²) in [6, 6.07) is 11.8. The van der Waals surface area contributed by atoms with Crippen LogP contribution in [-0.4, -0.2) is 18.8 Å². The summed E-state index contributed by atoms with van der Waals surface area (Å²) in [7, 11) is 1.55. The average molecular weight is 354 g/mol. The minimum atomic E-state index is -1.05. The molecule has 21 heavy (non-hydrogen) atoms. The Hall–Kier alpha value is -1.43. The number of hydrogen-bond donors (Lipinski definition) is 2. The lowest BCUT2D eigenvalue weighted by atomic mass is 9.88. The van der Waals surface area contributed by atoms with Crippen LogP contribution in [-0.2, 0) is 0 Å². The highest BCUT2D eigenvalue weighted by Crippen LogP contribution is 2.36. The molecule has 0 bridgehead atoms. The van der Waals surface area contributed by atoms with E-state index in [1.165, 1.54) is 6.07 Å². The third kappa shape index (κ3) is 3.43. The van der Waals surface area contributed by atoms with Crippen LogP contribution in [0, 0.1) is 5.82 Å². The Morgan fingerprint density at radius 2 is 1.95 bits per heavy atom. The van der Waals surface area contributed by atoms with Gasteiger partial charge in [0.2, 0.25) is 0 Å². The van der Waals surface area contributed by atoms with Crippen LogP contribution in [0.1, 0.15) is 23.1 Å². The van der Waals surface area contributed by atoms with Crippen LogP contribution in [0.4, 0.5) is 4.39 Å². The highest BCUT2D eigenvalue weighted by molar-refractivity contribution is 9.10. The summed E-state index contributed by atoms with van der Waals surface area (Å²) < 4.78 is 20.0. The van der Waals surface area contributed by atoms with Crippen molar-refractivity contribution < 1.29 is 14.2 Å². The van der Waals surface area contributed by atoms with Gasteiger partial charge >= 0.3 is 0 Å². The highest BCUT2D eigenvalue weighted by Gasteiger charge is 2.26. The molecule has 0 aromatic heterocycles. The Morgan fingerprint density at radius 1 is 1.24 bits per heavy atom. The lowest BCUT2D eigenvalue weighted by molar-refractivity contribution is 0.141. The van der Waals surface area contributed by atoms with Gasteiger partial charge in [-0.1, -0.05) is 34.1 Å². The normalized spacial score (nSPS) is 13.8. The smallest absolute Gasteiger partial charge is 0.129 e. The number of benzene rings is 2. The number of halogens is 2. The quantitative estimate of drug-likeness (QED) is 0.866. The van der Waals surface area contributed by atoms with Gasteiger partial charge in [0.15, 0.2) is 0 Å². The molecule has 2 atom stereocenters. The zero-order chi connectivity index (χ0) is 15.4. The maximum atomic E-state index is 14.0. The molecule has 0 spiro atoms. The Morgan fingerprint density at radius 3 is 2.62 bits per heavy atom. The summed E-state index contributed by atoms with van der Waals surface area (Å²) in [5.74, 6) is -0.286. The van der Waals surface area contributed by atoms with E-state index in [1.54, 1.807) is 25.3 Å². The number of ether oxygens (including phenoxy) is 1. The summed E-state index contributed by atoms with van der Waals surface area (Å²) in [5.41, 5.74) is 6.78. The molecule has 0 aliphatic rings.